The van der Waals surface area contributed by atoms with Crippen molar-refractivity contribution in [1.29, 1.82) is 0 Å². The molecule has 1 aliphatic rings. The molecular formula is C19H26N6O. The number of nitrogens with one attached hydrogen (secondary N) is 1. The molecule has 3 aromatic heterocycles. The van der Waals surface area contributed by atoms with Crippen LogP contribution in [0.25, 0.3) is 11.0 Å². The lowest BCUT2D eigenvalue weighted by Gasteiger charge is -2.32. The number of hydrogen-bond acceptors (Lipinski definition) is 5. The summed E-state index contributed by atoms with van der Waals surface area (Å²) in [5, 5.41) is 13.6. The molecule has 4 rings (SSSR count). The minimum Gasteiger partial charge on any atom is -0.372 e. The third kappa shape index (κ3) is 3.24. The second-order valence-corrected chi connectivity index (χ2v) is 6.97. The molecule has 0 unspecified atom stereocenters. The SMILES string of the molecule is CCn1cc([C@H]2OCCC[C@@H]2NCc2cnc3c(c2)c(C)nn3C)cn1. The molecule has 0 bridgehead atoms. The predicted molar refractivity (Wildman–Crippen MR) is 99.7 cm³/mol. The predicted octanol–water partition coefficient (Wildman–Crippen LogP) is 2.50. The molecule has 7 heteroatoms. The minimum atomic E-state index is 0.0564. The van der Waals surface area contributed by atoms with E-state index in [4.69, 9.17) is 4.74 Å². The van der Waals surface area contributed by atoms with Gasteiger partial charge in [0.25, 0.3) is 0 Å². The molecule has 7 nitrogen and oxygen atoms in total. The highest BCUT2D eigenvalue weighted by Gasteiger charge is 2.28. The van der Waals surface area contributed by atoms with E-state index in [2.05, 4.69) is 39.7 Å². The van der Waals surface area contributed by atoms with E-state index in [9.17, 15) is 0 Å². The van der Waals surface area contributed by atoms with Crippen LogP contribution in [0.1, 0.15) is 42.7 Å². The average molecular weight is 354 g/mol. The largest absolute Gasteiger partial charge is 0.372 e. The summed E-state index contributed by atoms with van der Waals surface area (Å²) >= 11 is 0. The molecule has 0 spiro atoms. The molecular weight excluding hydrogens is 328 g/mol. The van der Waals surface area contributed by atoms with Crippen LogP contribution in [0.3, 0.4) is 0 Å². The first-order chi connectivity index (χ1) is 12.7. The van der Waals surface area contributed by atoms with E-state index in [1.54, 1.807) is 0 Å². The van der Waals surface area contributed by atoms with Gasteiger partial charge in [-0.15, -0.1) is 0 Å². The van der Waals surface area contributed by atoms with Crippen molar-refractivity contribution < 1.29 is 4.74 Å². The summed E-state index contributed by atoms with van der Waals surface area (Å²) in [4.78, 5) is 4.57. The zero-order chi connectivity index (χ0) is 18.1. The first-order valence-electron chi connectivity index (χ1n) is 9.31. The monoisotopic (exact) mass is 354 g/mol. The van der Waals surface area contributed by atoms with Gasteiger partial charge in [0.2, 0.25) is 0 Å². The maximum atomic E-state index is 6.07. The lowest BCUT2D eigenvalue weighted by molar-refractivity contribution is -0.0112. The Kier molecular flexibility index (Phi) is 4.74. The zero-order valence-electron chi connectivity index (χ0n) is 15.6. The Hall–Kier alpha value is -2.25. The number of aromatic nitrogens is 5. The Bertz CT molecular complexity index is 899. The van der Waals surface area contributed by atoms with Gasteiger partial charge in [0.1, 0.15) is 6.10 Å². The summed E-state index contributed by atoms with van der Waals surface area (Å²) in [6.07, 6.45) is 8.20. The molecule has 0 saturated carbocycles. The fourth-order valence-electron chi connectivity index (χ4n) is 3.71. The Morgan fingerprint density at radius 3 is 3.04 bits per heavy atom. The quantitative estimate of drug-likeness (QED) is 0.762. The normalized spacial score (nSPS) is 20.7. The van der Waals surface area contributed by atoms with E-state index in [-0.39, 0.29) is 12.1 Å². The highest BCUT2D eigenvalue weighted by Crippen LogP contribution is 2.28. The van der Waals surface area contributed by atoms with Crippen molar-refractivity contribution in [2.45, 2.75) is 51.9 Å². The van der Waals surface area contributed by atoms with Crippen LogP contribution in [0.4, 0.5) is 0 Å². The number of aryl methyl sites for hydroxylation is 3. The third-order valence-corrected chi connectivity index (χ3v) is 5.12. The van der Waals surface area contributed by atoms with Gasteiger partial charge < -0.3 is 10.1 Å². The van der Waals surface area contributed by atoms with Gasteiger partial charge in [-0.05, 0) is 38.3 Å². The minimum absolute atomic E-state index is 0.0564. The molecule has 138 valence electrons. The van der Waals surface area contributed by atoms with Crippen LogP contribution in [-0.4, -0.2) is 37.2 Å². The van der Waals surface area contributed by atoms with Crippen LogP contribution in [0.5, 0.6) is 0 Å². The third-order valence-electron chi connectivity index (χ3n) is 5.12. The maximum Gasteiger partial charge on any atom is 0.157 e. The van der Waals surface area contributed by atoms with Gasteiger partial charge >= 0.3 is 0 Å². The second-order valence-electron chi connectivity index (χ2n) is 6.97. The number of pyridine rings is 1. The van der Waals surface area contributed by atoms with Crippen molar-refractivity contribution >= 4 is 11.0 Å². The van der Waals surface area contributed by atoms with Gasteiger partial charge in [0.05, 0.1) is 11.9 Å². The molecule has 0 aromatic carbocycles. The molecule has 1 saturated heterocycles. The van der Waals surface area contributed by atoms with Crippen LogP contribution in [0.2, 0.25) is 0 Å². The van der Waals surface area contributed by atoms with Crippen LogP contribution in [0.15, 0.2) is 24.7 Å². The van der Waals surface area contributed by atoms with Crippen molar-refractivity contribution in [3.8, 4) is 0 Å². The standard InChI is InChI=1S/C19H26N6O/c1-4-25-12-15(11-22-25)18-17(6-5-7-26-18)20-9-14-8-16-13(2)23-24(3)19(16)21-10-14/h8,10-12,17-18,20H,4-7,9H2,1-3H3/t17-,18+/m0/s1. The number of nitrogens with zero attached hydrogens (tertiary/aromatic N) is 5. The van der Waals surface area contributed by atoms with Crippen molar-refractivity contribution in [3.63, 3.8) is 0 Å². The molecule has 1 N–H and O–H groups in total. The number of fused-ring (bicyclic) bond motifs is 1. The summed E-state index contributed by atoms with van der Waals surface area (Å²) in [6, 6.07) is 2.47. The van der Waals surface area contributed by atoms with Gasteiger partial charge in [-0.1, -0.05) is 0 Å². The van der Waals surface area contributed by atoms with Crippen molar-refractivity contribution in [2.75, 3.05) is 6.61 Å². The first kappa shape index (κ1) is 17.2. The number of hydrogen-bond donors (Lipinski definition) is 1. The Labute approximate surface area is 153 Å². The Balaban J connectivity index is 1.49. The summed E-state index contributed by atoms with van der Waals surface area (Å²) in [5.74, 6) is 0. The van der Waals surface area contributed by atoms with Gasteiger partial charge in [-0.25, -0.2) is 4.98 Å². The lowest BCUT2D eigenvalue weighted by atomic mass is 9.98. The summed E-state index contributed by atoms with van der Waals surface area (Å²) in [6.45, 7) is 6.57. The smallest absolute Gasteiger partial charge is 0.157 e. The van der Waals surface area contributed by atoms with Gasteiger partial charge in [-0.2, -0.15) is 10.2 Å². The van der Waals surface area contributed by atoms with Gasteiger partial charge in [0.15, 0.2) is 5.65 Å². The van der Waals surface area contributed by atoms with Crippen LogP contribution >= 0.6 is 0 Å². The number of rotatable bonds is 5. The first-order valence-corrected chi connectivity index (χ1v) is 9.31. The summed E-state index contributed by atoms with van der Waals surface area (Å²) < 4.78 is 9.85. The van der Waals surface area contributed by atoms with Crippen molar-refractivity contribution in [2.24, 2.45) is 7.05 Å². The zero-order valence-corrected chi connectivity index (χ0v) is 15.6. The van der Waals surface area contributed by atoms with E-state index in [0.717, 1.165) is 54.8 Å². The van der Waals surface area contributed by atoms with E-state index in [1.165, 1.54) is 5.56 Å². The highest BCUT2D eigenvalue weighted by atomic mass is 16.5. The molecule has 26 heavy (non-hydrogen) atoms. The number of ether oxygens (including phenoxy) is 1. The van der Waals surface area contributed by atoms with Crippen LogP contribution in [0, 0.1) is 6.92 Å². The highest BCUT2D eigenvalue weighted by molar-refractivity contribution is 5.78. The van der Waals surface area contributed by atoms with Gasteiger partial charge in [0, 0.05) is 56.1 Å². The lowest BCUT2D eigenvalue weighted by Crippen LogP contribution is -2.39. The fourth-order valence-corrected chi connectivity index (χ4v) is 3.71. The summed E-state index contributed by atoms with van der Waals surface area (Å²) in [7, 11) is 1.93. The Morgan fingerprint density at radius 1 is 1.35 bits per heavy atom. The molecule has 1 aliphatic heterocycles. The van der Waals surface area contributed by atoms with Crippen molar-refractivity contribution in [3.05, 3.63) is 41.5 Å². The van der Waals surface area contributed by atoms with Crippen LogP contribution < -0.4 is 5.32 Å². The van der Waals surface area contributed by atoms with E-state index in [0.29, 0.717) is 0 Å². The fraction of sp³-hybridized carbons (Fsp3) is 0.526. The van der Waals surface area contributed by atoms with E-state index in [1.807, 2.05) is 35.7 Å². The molecule has 1 fully saturated rings. The molecule has 0 radical (unpaired) electrons. The topological polar surface area (TPSA) is 69.8 Å². The van der Waals surface area contributed by atoms with Crippen LogP contribution in [-0.2, 0) is 24.9 Å². The maximum absolute atomic E-state index is 6.07. The molecule has 2 atom stereocenters. The van der Waals surface area contributed by atoms with Crippen molar-refractivity contribution in [1.82, 2.24) is 29.9 Å². The molecule has 4 heterocycles. The molecule has 0 amide bonds. The molecule has 0 aliphatic carbocycles. The van der Waals surface area contributed by atoms with E-state index >= 15 is 0 Å². The Morgan fingerprint density at radius 2 is 2.23 bits per heavy atom. The van der Waals surface area contributed by atoms with E-state index < -0.39 is 0 Å². The van der Waals surface area contributed by atoms with Gasteiger partial charge in [-0.3, -0.25) is 9.36 Å². The average Bonchev–Trinajstić information content (AvgIpc) is 3.25. The second kappa shape index (κ2) is 7.17. The molecule has 3 aromatic rings. The summed E-state index contributed by atoms with van der Waals surface area (Å²) in [5.41, 5.74) is 4.27.